The number of imidazole rings is 1. The van der Waals surface area contributed by atoms with Crippen LogP contribution in [0.5, 0.6) is 11.6 Å². The summed E-state index contributed by atoms with van der Waals surface area (Å²) in [6.45, 7) is 1.62. The van der Waals surface area contributed by atoms with E-state index in [4.69, 9.17) is 19.8 Å². The number of carbonyl (C=O) groups is 7. The zero-order chi connectivity index (χ0) is 47.6. The monoisotopic (exact) mass is 907 g/mol. The topological polar surface area (TPSA) is 288 Å². The molecule has 66 heavy (non-hydrogen) atoms. The van der Waals surface area contributed by atoms with Gasteiger partial charge >= 0.3 is 17.9 Å². The molecule has 348 valence electrons. The van der Waals surface area contributed by atoms with Gasteiger partial charge in [0.25, 0.3) is 0 Å². The summed E-state index contributed by atoms with van der Waals surface area (Å²) in [5.74, 6) is -7.30. The lowest BCUT2D eigenvalue weighted by atomic mass is 10.1. The van der Waals surface area contributed by atoms with E-state index >= 15 is 0 Å². The minimum atomic E-state index is -1.79. The van der Waals surface area contributed by atoms with Crippen molar-refractivity contribution in [1.29, 1.82) is 0 Å². The highest BCUT2D eigenvalue weighted by Crippen LogP contribution is 2.29. The number of aromatic nitrogens is 3. The summed E-state index contributed by atoms with van der Waals surface area (Å²) < 4.78 is 7.72. The molecule has 0 aliphatic carbocycles. The van der Waals surface area contributed by atoms with Gasteiger partial charge in [0.15, 0.2) is 5.65 Å². The maximum absolute atomic E-state index is 13.1. The minimum Gasteiger partial charge on any atom is -0.494 e. The third-order valence-electron chi connectivity index (χ3n) is 10.3. The number of carbonyl (C=O) groups excluding carboxylic acids is 4. The second-order valence-electron chi connectivity index (χ2n) is 15.6. The van der Waals surface area contributed by atoms with Gasteiger partial charge in [0.2, 0.25) is 29.5 Å². The van der Waals surface area contributed by atoms with Gasteiger partial charge in [-0.25, -0.2) is 9.97 Å². The molecule has 0 radical (unpaired) electrons. The molecule has 0 bridgehead atoms. The lowest BCUT2D eigenvalue weighted by Gasteiger charge is -2.24. The van der Waals surface area contributed by atoms with Crippen LogP contribution >= 0.6 is 0 Å². The number of rotatable bonds is 26. The molecule has 2 aromatic heterocycles. The molecule has 8 N–H and O–H groups in total. The number of hydrogen-bond donors (Lipinski definition) is 8. The molecule has 3 aromatic carbocycles. The van der Waals surface area contributed by atoms with Crippen LogP contribution in [0.25, 0.3) is 16.9 Å². The van der Waals surface area contributed by atoms with E-state index in [2.05, 4.69) is 21.3 Å². The normalized spacial score (nSPS) is 12.3. The van der Waals surface area contributed by atoms with E-state index in [1.165, 1.54) is 0 Å². The molecule has 19 nitrogen and oxygen atoms in total. The molecule has 19 heteroatoms. The van der Waals surface area contributed by atoms with E-state index in [9.17, 15) is 48.9 Å². The van der Waals surface area contributed by atoms with Crippen LogP contribution in [-0.4, -0.2) is 108 Å². The third-order valence-corrected chi connectivity index (χ3v) is 10.3. The van der Waals surface area contributed by atoms with Gasteiger partial charge < -0.3 is 46.4 Å². The van der Waals surface area contributed by atoms with Gasteiger partial charge in [-0.3, -0.25) is 38.0 Å². The molecule has 0 unspecified atom stereocenters. The number of carboxylic acids is 3. The van der Waals surface area contributed by atoms with Gasteiger partial charge in [0.05, 0.1) is 30.8 Å². The first kappa shape index (κ1) is 49.2. The molecular formula is C47H53N7O12. The molecule has 5 rings (SSSR count). The molecule has 3 atom stereocenters. The Hall–Kier alpha value is -7.83. The van der Waals surface area contributed by atoms with Crippen molar-refractivity contribution in [3.63, 3.8) is 0 Å². The summed E-state index contributed by atoms with van der Waals surface area (Å²) in [6.07, 6.45) is 2.63. The number of unbranched alkanes of at least 4 members (excludes halogenated alkanes) is 3. The number of nitrogens with zero attached hydrogens (tertiary/aromatic N) is 3. The van der Waals surface area contributed by atoms with Crippen molar-refractivity contribution in [2.45, 2.75) is 89.3 Å². The van der Waals surface area contributed by atoms with Crippen LogP contribution in [0.2, 0.25) is 0 Å². The molecule has 0 aliphatic heterocycles. The predicted octanol–water partition coefficient (Wildman–Crippen LogP) is 3.63. The number of benzene rings is 3. The highest BCUT2D eigenvalue weighted by atomic mass is 16.5. The van der Waals surface area contributed by atoms with Gasteiger partial charge in [-0.2, -0.15) is 0 Å². The molecule has 0 saturated heterocycles. The fourth-order valence-corrected chi connectivity index (χ4v) is 7.06. The smallest absolute Gasteiger partial charge is 0.305 e. The maximum atomic E-state index is 13.1. The standard InChI is InChI=1S/C47H53N7O12/c1-29(55)49-36(26-41(58)59)45(63)53-37(27-42(60)61)46(64)52-34(19-20-40(56)57)44(62)48-21-10-2-3-11-22-66-33-18-12-15-31(23-33)25-38-47(65)54-28-39(32-16-8-5-9-17-32)50-35(43(54)51-38)24-30-13-6-4-7-14-30/h4-9,12-18,23,28,34,36-37,65H,2-3,10-11,19-22,24-27H2,1H3,(H,48,62)(H,49,55)(H,52,64)(H,53,63)(H,56,57)(H,58,59)(H,60,61)/t34-,36-,37-/m0/s1. The first-order valence-electron chi connectivity index (χ1n) is 21.4. The van der Waals surface area contributed by atoms with Gasteiger partial charge in [0, 0.05) is 44.5 Å². The van der Waals surface area contributed by atoms with Gasteiger partial charge in [-0.15, -0.1) is 0 Å². The largest absolute Gasteiger partial charge is 0.494 e. The van der Waals surface area contributed by atoms with E-state index in [-0.39, 0.29) is 18.8 Å². The van der Waals surface area contributed by atoms with E-state index in [1.54, 1.807) is 10.6 Å². The second-order valence-corrected chi connectivity index (χ2v) is 15.6. The maximum Gasteiger partial charge on any atom is 0.305 e. The summed E-state index contributed by atoms with van der Waals surface area (Å²) in [5.41, 5.74) is 5.38. The summed E-state index contributed by atoms with van der Waals surface area (Å²) in [6, 6.07) is 22.4. The Balaban J connectivity index is 1.11. The van der Waals surface area contributed by atoms with Crippen LogP contribution in [0.1, 0.15) is 80.8 Å². The van der Waals surface area contributed by atoms with Gasteiger partial charge in [-0.05, 0) is 42.5 Å². The molecule has 5 aromatic rings. The van der Waals surface area contributed by atoms with E-state index in [0.717, 1.165) is 35.7 Å². The van der Waals surface area contributed by atoms with Crippen LogP contribution in [0.15, 0.2) is 91.1 Å². The summed E-state index contributed by atoms with van der Waals surface area (Å²) in [4.78, 5) is 94.4. The Kier molecular flexibility index (Phi) is 18.1. The predicted molar refractivity (Wildman–Crippen MR) is 238 cm³/mol. The van der Waals surface area contributed by atoms with Crippen LogP contribution < -0.4 is 26.0 Å². The summed E-state index contributed by atoms with van der Waals surface area (Å²) in [5, 5.41) is 48.3. The van der Waals surface area contributed by atoms with Crippen molar-refractivity contribution in [3.8, 4) is 22.9 Å². The molecule has 0 aliphatic rings. The van der Waals surface area contributed by atoms with Gasteiger partial charge in [0.1, 0.15) is 29.6 Å². The molecule has 0 saturated carbocycles. The van der Waals surface area contributed by atoms with Crippen molar-refractivity contribution in [1.82, 2.24) is 35.6 Å². The van der Waals surface area contributed by atoms with Crippen LogP contribution in [0, 0.1) is 0 Å². The molecular weight excluding hydrogens is 855 g/mol. The average Bonchev–Trinajstić information content (AvgIpc) is 3.59. The van der Waals surface area contributed by atoms with Crippen molar-refractivity contribution < 1.29 is 58.7 Å². The second kappa shape index (κ2) is 24.3. The number of aliphatic carboxylic acids is 3. The van der Waals surface area contributed by atoms with E-state index < -0.39 is 78.9 Å². The summed E-state index contributed by atoms with van der Waals surface area (Å²) in [7, 11) is 0. The number of carboxylic acid groups (broad SMARTS) is 3. The summed E-state index contributed by atoms with van der Waals surface area (Å²) >= 11 is 0. The first-order valence-corrected chi connectivity index (χ1v) is 21.4. The number of ether oxygens (including phenoxy) is 1. The van der Waals surface area contributed by atoms with Crippen molar-refractivity contribution >= 4 is 47.2 Å². The lowest BCUT2D eigenvalue weighted by Crippen LogP contribution is -2.57. The van der Waals surface area contributed by atoms with E-state index in [1.807, 2.05) is 84.9 Å². The van der Waals surface area contributed by atoms with Crippen LogP contribution in [-0.2, 0) is 46.4 Å². The fraction of sp³-hybridized carbons (Fsp3) is 0.340. The quantitative estimate of drug-likeness (QED) is 0.0368. The average molecular weight is 908 g/mol. The molecule has 4 amide bonds. The van der Waals surface area contributed by atoms with E-state index in [0.29, 0.717) is 61.5 Å². The lowest BCUT2D eigenvalue weighted by molar-refractivity contribution is -0.143. The highest BCUT2D eigenvalue weighted by molar-refractivity contribution is 5.96. The van der Waals surface area contributed by atoms with Crippen molar-refractivity contribution in [3.05, 3.63) is 114 Å². The minimum absolute atomic E-state index is 0.0295. The Labute approximate surface area is 379 Å². The Bertz CT molecular complexity index is 2480. The highest BCUT2D eigenvalue weighted by Gasteiger charge is 2.32. The molecule has 2 heterocycles. The number of aromatic hydroxyl groups is 1. The third kappa shape index (κ3) is 15.2. The number of nitrogens with one attached hydrogen (secondary N) is 4. The molecule has 0 spiro atoms. The van der Waals surface area contributed by atoms with Crippen molar-refractivity contribution in [2.75, 3.05) is 13.2 Å². The number of fused-ring (bicyclic) bond motifs is 1. The number of hydrogen-bond acceptors (Lipinski definition) is 11. The SMILES string of the molecule is CC(=O)N[C@@H](CC(=O)O)C(=O)N[C@@H](CC(=O)O)C(=O)N[C@@H](CCC(=O)O)C(=O)NCCCCCCOc1cccc(Cc2nc3c(Cc4ccccc4)nc(-c4ccccc4)cn3c2O)c1. The molecule has 0 fully saturated rings. The van der Waals surface area contributed by atoms with Crippen LogP contribution in [0.4, 0.5) is 0 Å². The zero-order valence-corrected chi connectivity index (χ0v) is 36.3. The number of amides is 4. The Morgan fingerprint density at radius 1 is 0.652 bits per heavy atom. The zero-order valence-electron chi connectivity index (χ0n) is 36.3. The Morgan fingerprint density at radius 3 is 1.91 bits per heavy atom. The van der Waals surface area contributed by atoms with Crippen molar-refractivity contribution in [2.24, 2.45) is 0 Å². The van der Waals surface area contributed by atoms with Gasteiger partial charge in [-0.1, -0.05) is 85.6 Å². The first-order chi connectivity index (χ1) is 31.7. The Morgan fingerprint density at radius 2 is 1.26 bits per heavy atom. The van der Waals surface area contributed by atoms with Crippen LogP contribution in [0.3, 0.4) is 0 Å². The fourth-order valence-electron chi connectivity index (χ4n) is 7.06.